The molecule has 7 rings (SSSR count). The van der Waals surface area contributed by atoms with Gasteiger partial charge in [-0.1, -0.05) is 65.4 Å². The molecule has 1 N–H and O–H groups in total. The van der Waals surface area contributed by atoms with Crippen LogP contribution in [0.25, 0.3) is 0 Å². The van der Waals surface area contributed by atoms with E-state index in [0.717, 1.165) is 45.6 Å². The second-order valence-electron chi connectivity index (χ2n) is 14.4. The molecule has 0 unspecified atom stereocenters. The van der Waals surface area contributed by atoms with Crippen LogP contribution < -0.4 is 19.7 Å². The van der Waals surface area contributed by atoms with Gasteiger partial charge < -0.3 is 29.3 Å². The van der Waals surface area contributed by atoms with Crippen molar-refractivity contribution in [3.8, 4) is 5.75 Å². The highest BCUT2D eigenvalue weighted by Crippen LogP contribution is 2.60. The third-order valence-corrected chi connectivity index (χ3v) is 16.3. The van der Waals surface area contributed by atoms with E-state index in [2.05, 4.69) is 48.1 Å². The zero-order chi connectivity index (χ0) is 34.7. The molecular weight excluding hydrogens is 702 g/mol. The van der Waals surface area contributed by atoms with Gasteiger partial charge in [-0.05, 0) is 66.4 Å². The molecule has 9 nitrogen and oxygen atoms in total. The number of halogens is 1. The van der Waals surface area contributed by atoms with E-state index in [4.69, 9.17) is 9.47 Å². The number of carbonyl (C=O) groups is 3. The molecule has 3 aromatic carbocycles. The van der Waals surface area contributed by atoms with Gasteiger partial charge in [0.25, 0.3) is 5.91 Å². The van der Waals surface area contributed by atoms with Crippen molar-refractivity contribution in [2.24, 2.45) is 5.92 Å². The summed E-state index contributed by atoms with van der Waals surface area (Å²) in [4.78, 5) is 46.7. The van der Waals surface area contributed by atoms with Crippen LogP contribution in [-0.2, 0) is 31.3 Å². The highest BCUT2D eigenvalue weighted by molar-refractivity contribution is 9.10. The summed E-state index contributed by atoms with van der Waals surface area (Å²) >= 11 is 3.68. The van der Waals surface area contributed by atoms with E-state index < -0.39 is 19.8 Å². The SMILES string of the molecule is COc1ccc([Si](C)(C)[C@H]2[C@H](CC(=O)N3CCC[C@H]3CO)O[C@@]3(C(=O)N(Cc4cccc(N5CCC5=O)c4)c4ccc(Br)cc43)[C@@H]2C)cc1. The number of hydrogen-bond acceptors (Lipinski definition) is 6. The first kappa shape index (κ1) is 34.0. The van der Waals surface area contributed by atoms with Gasteiger partial charge in [0.2, 0.25) is 11.8 Å². The highest BCUT2D eigenvalue weighted by Gasteiger charge is 2.66. The number of aliphatic hydroxyl groups is 1. The van der Waals surface area contributed by atoms with E-state index in [9.17, 15) is 14.7 Å². The normalized spacial score (nSPS) is 26.4. The molecule has 3 saturated heterocycles. The molecule has 258 valence electrons. The zero-order valence-corrected chi connectivity index (χ0v) is 31.1. The fourth-order valence-electron chi connectivity index (χ4n) is 8.88. The van der Waals surface area contributed by atoms with Crippen LogP contribution >= 0.6 is 15.9 Å². The van der Waals surface area contributed by atoms with Crippen molar-refractivity contribution < 1.29 is 29.0 Å². The summed E-state index contributed by atoms with van der Waals surface area (Å²) < 4.78 is 13.5. The summed E-state index contributed by atoms with van der Waals surface area (Å²) in [5.74, 6) is 0.458. The van der Waals surface area contributed by atoms with Crippen molar-refractivity contribution in [1.82, 2.24) is 4.90 Å². The predicted molar refractivity (Wildman–Crippen MR) is 195 cm³/mol. The van der Waals surface area contributed by atoms with E-state index in [1.165, 1.54) is 5.19 Å². The van der Waals surface area contributed by atoms with E-state index >= 15 is 4.79 Å². The Balaban J connectivity index is 1.29. The molecule has 5 atom stereocenters. The first-order chi connectivity index (χ1) is 23.5. The van der Waals surface area contributed by atoms with Gasteiger partial charge in [-0.3, -0.25) is 14.4 Å². The van der Waals surface area contributed by atoms with Gasteiger partial charge >= 0.3 is 0 Å². The average molecular weight is 747 g/mol. The van der Waals surface area contributed by atoms with E-state index in [-0.39, 0.29) is 48.3 Å². The van der Waals surface area contributed by atoms with Crippen LogP contribution in [0.5, 0.6) is 5.75 Å². The maximum Gasteiger partial charge on any atom is 0.264 e. The quantitative estimate of drug-likeness (QED) is 0.235. The molecule has 3 aromatic rings. The Kier molecular flexibility index (Phi) is 9.00. The van der Waals surface area contributed by atoms with Crippen LogP contribution in [0.3, 0.4) is 0 Å². The summed E-state index contributed by atoms with van der Waals surface area (Å²) in [6, 6.07) is 21.8. The molecule has 4 heterocycles. The monoisotopic (exact) mass is 745 g/mol. The molecule has 3 fully saturated rings. The van der Waals surface area contributed by atoms with Gasteiger partial charge in [0.1, 0.15) is 5.75 Å². The number of nitrogens with zero attached hydrogens (tertiary/aromatic N) is 3. The Morgan fingerprint density at radius 1 is 1.08 bits per heavy atom. The number of likely N-dealkylation sites (tertiary alicyclic amines) is 1. The Labute approximate surface area is 297 Å². The lowest BCUT2D eigenvalue weighted by Gasteiger charge is -2.37. The van der Waals surface area contributed by atoms with Crippen LogP contribution in [0.2, 0.25) is 18.6 Å². The number of hydrogen-bond donors (Lipinski definition) is 1. The van der Waals surface area contributed by atoms with Crippen molar-refractivity contribution >= 4 is 58.3 Å². The van der Waals surface area contributed by atoms with Crippen molar-refractivity contribution in [2.45, 2.75) is 75.5 Å². The minimum Gasteiger partial charge on any atom is -0.497 e. The number of fused-ring (bicyclic) bond motifs is 2. The van der Waals surface area contributed by atoms with Gasteiger partial charge in [0.05, 0.1) is 52.6 Å². The van der Waals surface area contributed by atoms with E-state index in [1.807, 2.05) is 59.5 Å². The number of anilines is 2. The third kappa shape index (κ3) is 5.62. The molecule has 4 aliphatic rings. The van der Waals surface area contributed by atoms with E-state index in [0.29, 0.717) is 26.1 Å². The van der Waals surface area contributed by atoms with Gasteiger partial charge in [-0.15, -0.1) is 0 Å². The number of aliphatic hydroxyl groups excluding tert-OH is 1. The lowest BCUT2D eigenvalue weighted by atomic mass is 9.82. The summed E-state index contributed by atoms with van der Waals surface area (Å²) in [6.07, 6.45) is 1.82. The molecule has 3 amide bonds. The van der Waals surface area contributed by atoms with Crippen LogP contribution in [0.1, 0.15) is 43.7 Å². The fourth-order valence-corrected chi connectivity index (χ4v) is 13.3. The number of ether oxygens (including phenoxy) is 2. The number of rotatable bonds is 9. The molecule has 0 aliphatic carbocycles. The van der Waals surface area contributed by atoms with E-state index in [1.54, 1.807) is 16.9 Å². The number of methoxy groups -OCH3 is 1. The summed E-state index contributed by atoms with van der Waals surface area (Å²) in [5.41, 5.74) is 1.98. The molecule has 49 heavy (non-hydrogen) atoms. The predicted octanol–water partition coefficient (Wildman–Crippen LogP) is 5.33. The Bertz CT molecular complexity index is 1790. The van der Waals surface area contributed by atoms with Gasteiger partial charge in [-0.2, -0.15) is 0 Å². The standard InChI is InChI=1S/C38H44BrN3O6Si/c1-24-36(49(3,4)30-13-11-29(47-2)12-14-30)33(21-35(45)40-17-6-9-28(40)23-43)48-38(24)31-20-26(39)10-15-32(31)42(37(38)46)22-25-7-5-8-27(19-25)41-18-16-34(41)44/h5,7-8,10-15,19-20,24,28,33,36,43H,6,9,16-18,21-23H2,1-4H3/t24-,28+,33+,36-,38+/m1/s1. The van der Waals surface area contributed by atoms with Crippen LogP contribution in [-0.4, -0.2) is 74.8 Å². The first-order valence-corrected chi connectivity index (χ1v) is 21.1. The lowest BCUT2D eigenvalue weighted by Crippen LogP contribution is -2.52. The average Bonchev–Trinajstić information content (AvgIpc) is 3.75. The van der Waals surface area contributed by atoms with Crippen molar-refractivity contribution in [1.29, 1.82) is 0 Å². The number of β-lactam (4-membered cyclic amide) rings is 1. The minimum absolute atomic E-state index is 0.0375. The molecule has 0 saturated carbocycles. The van der Waals surface area contributed by atoms with Crippen LogP contribution in [0.4, 0.5) is 11.4 Å². The Morgan fingerprint density at radius 2 is 1.86 bits per heavy atom. The lowest BCUT2D eigenvalue weighted by molar-refractivity contribution is -0.150. The summed E-state index contributed by atoms with van der Waals surface area (Å²) in [7, 11) is -0.785. The fraction of sp³-hybridized carbons (Fsp3) is 0.447. The Morgan fingerprint density at radius 3 is 2.53 bits per heavy atom. The summed E-state index contributed by atoms with van der Waals surface area (Å²) in [5, 5.41) is 11.2. The van der Waals surface area contributed by atoms with Gasteiger partial charge in [0, 0.05) is 41.2 Å². The van der Waals surface area contributed by atoms with Crippen LogP contribution in [0.15, 0.2) is 71.2 Å². The Hall–Kier alpha value is -3.51. The van der Waals surface area contributed by atoms with Crippen molar-refractivity contribution in [3.63, 3.8) is 0 Å². The second-order valence-corrected chi connectivity index (χ2v) is 20.0. The van der Waals surface area contributed by atoms with Crippen molar-refractivity contribution in [3.05, 3.63) is 82.3 Å². The minimum atomic E-state index is -2.44. The zero-order valence-electron chi connectivity index (χ0n) is 28.5. The van der Waals surface area contributed by atoms with Crippen molar-refractivity contribution in [2.75, 3.05) is 36.6 Å². The molecule has 1 spiro atoms. The van der Waals surface area contributed by atoms with Crippen LogP contribution in [0, 0.1) is 5.92 Å². The molecule has 0 bridgehead atoms. The number of carbonyl (C=O) groups excluding carboxylic acids is 3. The van der Waals surface area contributed by atoms with Gasteiger partial charge in [-0.25, -0.2) is 0 Å². The molecule has 11 heteroatoms. The topological polar surface area (TPSA) is 99.6 Å². The molecule has 4 aliphatic heterocycles. The molecule has 0 aromatic heterocycles. The molecular formula is C38H44BrN3O6Si. The maximum atomic E-state index is 15.1. The third-order valence-electron chi connectivity index (χ3n) is 11.5. The first-order valence-electron chi connectivity index (χ1n) is 17.2. The maximum absolute atomic E-state index is 15.1. The number of benzene rings is 3. The smallest absolute Gasteiger partial charge is 0.264 e. The number of amides is 3. The molecule has 0 radical (unpaired) electrons. The highest BCUT2D eigenvalue weighted by atomic mass is 79.9. The largest absolute Gasteiger partial charge is 0.497 e. The van der Waals surface area contributed by atoms with Gasteiger partial charge in [0.15, 0.2) is 5.60 Å². The summed E-state index contributed by atoms with van der Waals surface area (Å²) in [6.45, 7) is 8.32. The second kappa shape index (κ2) is 13.0.